The van der Waals surface area contributed by atoms with Crippen LogP contribution in [0.25, 0.3) is 0 Å². The second-order valence-electron chi connectivity index (χ2n) is 9.12. The van der Waals surface area contributed by atoms with E-state index in [2.05, 4.69) is 55.0 Å². The van der Waals surface area contributed by atoms with E-state index in [9.17, 15) is 0 Å². The van der Waals surface area contributed by atoms with Gasteiger partial charge in [0.2, 0.25) is 0 Å². The number of allylic oxidation sites excluding steroid dienone is 5. The third kappa shape index (κ3) is 4.25. The van der Waals surface area contributed by atoms with Crippen LogP contribution in [0.4, 0.5) is 0 Å². The Bertz CT molecular complexity index is 683. The van der Waals surface area contributed by atoms with Crippen molar-refractivity contribution in [2.75, 3.05) is 6.54 Å². The minimum Gasteiger partial charge on any atom is -0.387 e. The Hall–Kier alpha value is -1.70. The Morgan fingerprint density at radius 1 is 0.963 bits per heavy atom. The normalized spacial score (nSPS) is 29.3. The highest BCUT2D eigenvalue weighted by Gasteiger charge is 2.33. The van der Waals surface area contributed by atoms with Gasteiger partial charge in [-0.1, -0.05) is 51.3 Å². The molecule has 2 N–H and O–H groups in total. The molecular weight excluding hydrogens is 328 g/mol. The molecule has 0 spiro atoms. The third-order valence-electron chi connectivity index (χ3n) is 7.10. The van der Waals surface area contributed by atoms with Crippen LogP contribution >= 0.6 is 0 Å². The summed E-state index contributed by atoms with van der Waals surface area (Å²) < 4.78 is 0. The molecule has 0 aromatic rings. The minimum absolute atomic E-state index is 0.538. The molecule has 2 unspecified atom stereocenters. The van der Waals surface area contributed by atoms with Crippen molar-refractivity contribution >= 4 is 0 Å². The van der Waals surface area contributed by atoms with E-state index in [1.165, 1.54) is 62.5 Å². The van der Waals surface area contributed by atoms with Gasteiger partial charge in [0, 0.05) is 12.6 Å². The molecule has 1 saturated carbocycles. The van der Waals surface area contributed by atoms with E-state index in [0.717, 1.165) is 18.4 Å². The highest BCUT2D eigenvalue weighted by molar-refractivity contribution is 5.43. The van der Waals surface area contributed by atoms with Crippen LogP contribution in [0.15, 0.2) is 59.0 Å². The summed E-state index contributed by atoms with van der Waals surface area (Å²) in [5.41, 5.74) is 6.25. The third-order valence-corrected chi connectivity index (χ3v) is 7.10. The molecule has 0 radical (unpaired) electrons. The molecule has 4 rings (SSSR count). The molecule has 2 heteroatoms. The smallest absolute Gasteiger partial charge is 0.0477 e. The summed E-state index contributed by atoms with van der Waals surface area (Å²) in [5.74, 6) is 2.37. The van der Waals surface area contributed by atoms with E-state index in [1.807, 2.05) is 6.20 Å². The van der Waals surface area contributed by atoms with E-state index in [1.54, 1.807) is 11.1 Å². The first kappa shape index (κ1) is 18.7. The largest absolute Gasteiger partial charge is 0.387 e. The van der Waals surface area contributed by atoms with Crippen molar-refractivity contribution in [3.63, 3.8) is 0 Å². The van der Waals surface area contributed by atoms with Crippen molar-refractivity contribution in [2.24, 2.45) is 17.8 Å². The zero-order chi connectivity index (χ0) is 18.6. The lowest BCUT2D eigenvalue weighted by Crippen LogP contribution is -2.39. The van der Waals surface area contributed by atoms with Gasteiger partial charge in [-0.25, -0.2) is 0 Å². The molecule has 4 aliphatic rings. The maximum atomic E-state index is 3.79. The summed E-state index contributed by atoms with van der Waals surface area (Å²) in [5, 5.41) is 7.12. The van der Waals surface area contributed by atoms with Crippen molar-refractivity contribution in [1.29, 1.82) is 0 Å². The summed E-state index contributed by atoms with van der Waals surface area (Å²) in [6.45, 7) is 5.72. The predicted octanol–water partition coefficient (Wildman–Crippen LogP) is 5.77. The molecular formula is C25H36N2. The van der Waals surface area contributed by atoms with E-state index < -0.39 is 0 Å². The number of hydrogen-bond acceptors (Lipinski definition) is 2. The van der Waals surface area contributed by atoms with Crippen molar-refractivity contribution < 1.29 is 0 Å². The van der Waals surface area contributed by atoms with Gasteiger partial charge in [0.1, 0.15) is 0 Å². The fraction of sp³-hybridized carbons (Fsp3) is 0.600. The minimum atomic E-state index is 0.538. The Balaban J connectivity index is 1.49. The van der Waals surface area contributed by atoms with Crippen LogP contribution in [-0.2, 0) is 0 Å². The summed E-state index contributed by atoms with van der Waals surface area (Å²) in [6.07, 6.45) is 24.5. The zero-order valence-corrected chi connectivity index (χ0v) is 17.1. The molecule has 2 atom stereocenters. The van der Waals surface area contributed by atoms with Crippen LogP contribution in [0.3, 0.4) is 0 Å². The average molecular weight is 365 g/mol. The number of dihydropyridines is 1. The maximum absolute atomic E-state index is 3.79. The van der Waals surface area contributed by atoms with E-state index in [0.29, 0.717) is 12.0 Å². The van der Waals surface area contributed by atoms with Gasteiger partial charge < -0.3 is 10.6 Å². The summed E-state index contributed by atoms with van der Waals surface area (Å²) in [4.78, 5) is 0. The summed E-state index contributed by atoms with van der Waals surface area (Å²) in [7, 11) is 0. The summed E-state index contributed by atoms with van der Waals surface area (Å²) >= 11 is 0. The molecule has 0 bridgehead atoms. The Morgan fingerprint density at radius 2 is 1.81 bits per heavy atom. The monoisotopic (exact) mass is 364 g/mol. The predicted molar refractivity (Wildman–Crippen MR) is 115 cm³/mol. The van der Waals surface area contributed by atoms with E-state index in [4.69, 9.17) is 0 Å². The van der Waals surface area contributed by atoms with Crippen LogP contribution in [0.2, 0.25) is 0 Å². The second kappa shape index (κ2) is 8.54. The van der Waals surface area contributed by atoms with Gasteiger partial charge in [0.05, 0.1) is 0 Å². The zero-order valence-electron chi connectivity index (χ0n) is 17.1. The van der Waals surface area contributed by atoms with E-state index in [-0.39, 0.29) is 0 Å². The first-order chi connectivity index (χ1) is 13.2. The average Bonchev–Trinajstić information content (AvgIpc) is 2.74. The lowest BCUT2D eigenvalue weighted by molar-refractivity contribution is 0.234. The van der Waals surface area contributed by atoms with Gasteiger partial charge in [-0.15, -0.1) is 0 Å². The molecule has 2 aliphatic heterocycles. The van der Waals surface area contributed by atoms with Gasteiger partial charge >= 0.3 is 0 Å². The van der Waals surface area contributed by atoms with Crippen LogP contribution in [0, 0.1) is 17.8 Å². The fourth-order valence-electron chi connectivity index (χ4n) is 5.51. The van der Waals surface area contributed by atoms with Gasteiger partial charge in [0.15, 0.2) is 0 Å². The molecule has 1 fully saturated rings. The first-order valence-electron chi connectivity index (χ1n) is 11.2. The molecule has 2 aliphatic carbocycles. The van der Waals surface area contributed by atoms with Crippen molar-refractivity contribution in [3.05, 3.63) is 59.0 Å². The van der Waals surface area contributed by atoms with Gasteiger partial charge in [0.25, 0.3) is 0 Å². The number of rotatable bonds is 4. The highest BCUT2D eigenvalue weighted by atomic mass is 14.9. The van der Waals surface area contributed by atoms with Gasteiger partial charge in [-0.2, -0.15) is 0 Å². The first-order valence-corrected chi connectivity index (χ1v) is 11.2. The highest BCUT2D eigenvalue weighted by Crippen LogP contribution is 2.42. The molecule has 0 amide bonds. The van der Waals surface area contributed by atoms with Crippen molar-refractivity contribution in [3.8, 4) is 0 Å². The Labute approximate surface area is 165 Å². The number of nitrogens with one attached hydrogen (secondary N) is 2. The van der Waals surface area contributed by atoms with Gasteiger partial charge in [-0.3, -0.25) is 0 Å². The molecule has 2 nitrogen and oxygen atoms in total. The Kier molecular flexibility index (Phi) is 5.90. The van der Waals surface area contributed by atoms with Crippen LogP contribution in [0.1, 0.15) is 65.2 Å². The fourth-order valence-corrected chi connectivity index (χ4v) is 5.51. The molecule has 146 valence electrons. The topological polar surface area (TPSA) is 24.1 Å². The summed E-state index contributed by atoms with van der Waals surface area (Å²) in [6, 6.07) is 0.538. The lowest BCUT2D eigenvalue weighted by Gasteiger charge is -2.40. The van der Waals surface area contributed by atoms with Crippen LogP contribution in [-0.4, -0.2) is 12.6 Å². The maximum Gasteiger partial charge on any atom is 0.0477 e. The SMILES string of the molecule is CC(C)C1=CNC(C2=CC=C(C3=CC=CNC3)CC2)CC1C1CCCCC1. The Morgan fingerprint density at radius 3 is 2.48 bits per heavy atom. The van der Waals surface area contributed by atoms with Crippen LogP contribution < -0.4 is 10.6 Å². The molecule has 27 heavy (non-hydrogen) atoms. The standard InChI is InChI=1S/C25H36N2/c1-18(2)24-17-27-25(15-23(24)20-7-4-3-5-8-20)21-12-10-19(11-13-21)22-9-6-14-26-16-22/h6,9-10,12,14,17-18,20,23,25-27H,3-5,7-8,11,13,15-16H2,1-2H3. The molecule has 0 aromatic heterocycles. The molecule has 2 heterocycles. The lowest BCUT2D eigenvalue weighted by atomic mass is 9.69. The van der Waals surface area contributed by atoms with Crippen LogP contribution in [0.5, 0.6) is 0 Å². The van der Waals surface area contributed by atoms with Gasteiger partial charge in [-0.05, 0) is 90.6 Å². The van der Waals surface area contributed by atoms with Crippen molar-refractivity contribution in [2.45, 2.75) is 71.3 Å². The van der Waals surface area contributed by atoms with Crippen molar-refractivity contribution in [1.82, 2.24) is 10.6 Å². The van der Waals surface area contributed by atoms with E-state index >= 15 is 0 Å². The molecule has 0 aromatic carbocycles. The number of hydrogen-bond donors (Lipinski definition) is 2. The second-order valence-corrected chi connectivity index (χ2v) is 9.12. The molecule has 0 saturated heterocycles. The quantitative estimate of drug-likeness (QED) is 0.661.